The van der Waals surface area contributed by atoms with E-state index in [1.807, 2.05) is 50.3 Å². The van der Waals surface area contributed by atoms with Gasteiger partial charge in [-0.05, 0) is 61.4 Å². The van der Waals surface area contributed by atoms with E-state index in [4.69, 9.17) is 14.2 Å². The van der Waals surface area contributed by atoms with Gasteiger partial charge in [-0.25, -0.2) is 0 Å². The lowest BCUT2D eigenvalue weighted by atomic mass is 9.96. The summed E-state index contributed by atoms with van der Waals surface area (Å²) in [6, 6.07) is 15.9. The molecule has 156 valence electrons. The molecule has 0 amide bonds. The number of benzene rings is 3. The number of aromatic hydroxyl groups is 2. The maximum atomic E-state index is 11.0. The van der Waals surface area contributed by atoms with Crippen molar-refractivity contribution >= 4 is 0 Å². The van der Waals surface area contributed by atoms with Gasteiger partial charge in [0.15, 0.2) is 11.5 Å². The zero-order chi connectivity index (χ0) is 21.7. The van der Waals surface area contributed by atoms with Gasteiger partial charge in [-0.2, -0.15) is 0 Å². The summed E-state index contributed by atoms with van der Waals surface area (Å²) >= 11 is 0. The first kappa shape index (κ1) is 21.1. The van der Waals surface area contributed by atoms with Crippen molar-refractivity contribution in [2.45, 2.75) is 13.8 Å². The van der Waals surface area contributed by atoms with E-state index in [9.17, 15) is 10.2 Å². The zero-order valence-electron chi connectivity index (χ0n) is 17.6. The van der Waals surface area contributed by atoms with E-state index in [0.717, 1.165) is 16.9 Å². The summed E-state index contributed by atoms with van der Waals surface area (Å²) in [6.07, 6.45) is 2.01. The second-order valence-electron chi connectivity index (χ2n) is 7.05. The Morgan fingerprint density at radius 2 is 1.50 bits per heavy atom. The van der Waals surface area contributed by atoms with Gasteiger partial charge >= 0.3 is 0 Å². The molecule has 0 aliphatic heterocycles. The van der Waals surface area contributed by atoms with E-state index in [-0.39, 0.29) is 11.5 Å². The highest BCUT2D eigenvalue weighted by atomic mass is 16.5. The molecule has 5 nitrogen and oxygen atoms in total. The quantitative estimate of drug-likeness (QED) is 0.486. The van der Waals surface area contributed by atoms with Crippen molar-refractivity contribution in [2.75, 3.05) is 20.8 Å². The molecule has 2 N–H and O–H groups in total. The Hall–Kier alpha value is -3.60. The molecule has 0 spiro atoms. The predicted molar refractivity (Wildman–Crippen MR) is 119 cm³/mol. The first-order chi connectivity index (χ1) is 14.4. The topological polar surface area (TPSA) is 68.2 Å². The van der Waals surface area contributed by atoms with Gasteiger partial charge in [-0.15, -0.1) is 0 Å². The maximum absolute atomic E-state index is 11.0. The second-order valence-corrected chi connectivity index (χ2v) is 7.05. The van der Waals surface area contributed by atoms with Crippen LogP contribution in [0.4, 0.5) is 0 Å². The monoisotopic (exact) mass is 406 g/mol. The van der Waals surface area contributed by atoms with Crippen molar-refractivity contribution in [1.29, 1.82) is 0 Å². The van der Waals surface area contributed by atoms with Crippen LogP contribution in [0.2, 0.25) is 0 Å². The third kappa shape index (κ3) is 4.51. The van der Waals surface area contributed by atoms with Gasteiger partial charge in [0.1, 0.15) is 23.9 Å². The van der Waals surface area contributed by atoms with Gasteiger partial charge in [0.25, 0.3) is 0 Å². The first-order valence-electron chi connectivity index (χ1n) is 9.58. The highest BCUT2D eigenvalue weighted by Gasteiger charge is 2.21. The number of allylic oxidation sites excluding steroid dienone is 1. The van der Waals surface area contributed by atoms with Crippen LogP contribution in [0.5, 0.6) is 28.7 Å². The lowest BCUT2D eigenvalue weighted by Gasteiger charge is -2.18. The Kier molecular flexibility index (Phi) is 6.52. The fraction of sp³-hybridized carbons (Fsp3) is 0.200. The number of rotatable bonds is 7. The van der Waals surface area contributed by atoms with Crippen LogP contribution in [0.1, 0.15) is 13.8 Å². The molecule has 5 heteroatoms. The van der Waals surface area contributed by atoms with E-state index in [2.05, 4.69) is 0 Å². The van der Waals surface area contributed by atoms with E-state index in [1.165, 1.54) is 12.7 Å². The average molecular weight is 406 g/mol. The van der Waals surface area contributed by atoms with Gasteiger partial charge in [0.2, 0.25) is 0 Å². The molecule has 3 aromatic carbocycles. The molecule has 0 radical (unpaired) electrons. The van der Waals surface area contributed by atoms with Crippen LogP contribution in [-0.2, 0) is 0 Å². The lowest BCUT2D eigenvalue weighted by molar-refractivity contribution is 0.362. The summed E-state index contributed by atoms with van der Waals surface area (Å²) in [7, 11) is 3.07. The molecule has 0 heterocycles. The molecule has 0 saturated heterocycles. The molecule has 0 bridgehead atoms. The van der Waals surface area contributed by atoms with Crippen LogP contribution < -0.4 is 14.2 Å². The fourth-order valence-electron chi connectivity index (χ4n) is 3.15. The highest BCUT2D eigenvalue weighted by molar-refractivity contribution is 5.87. The van der Waals surface area contributed by atoms with Crippen LogP contribution in [0.15, 0.2) is 66.2 Å². The highest BCUT2D eigenvalue weighted by Crippen LogP contribution is 2.49. The number of hydrogen-bond donors (Lipinski definition) is 2. The Morgan fingerprint density at radius 3 is 2.07 bits per heavy atom. The molecule has 0 unspecified atom stereocenters. The minimum absolute atomic E-state index is 0.0156. The van der Waals surface area contributed by atoms with Crippen LogP contribution in [0.3, 0.4) is 0 Å². The SMILES string of the molecule is COc1cc(-c2ccc(O)cc2)c(OC)c(O)c1-c1ccc(OCC=C(C)C)cc1. The van der Waals surface area contributed by atoms with Crippen LogP contribution in [0, 0.1) is 0 Å². The van der Waals surface area contributed by atoms with Crippen molar-refractivity contribution in [3.63, 3.8) is 0 Å². The van der Waals surface area contributed by atoms with Crippen LogP contribution in [-0.4, -0.2) is 31.0 Å². The summed E-state index contributed by atoms with van der Waals surface area (Å²) < 4.78 is 16.8. The van der Waals surface area contributed by atoms with Gasteiger partial charge in [0, 0.05) is 5.56 Å². The standard InChI is InChI=1S/C25H26O5/c1-16(2)13-14-30-20-11-7-18(8-12-20)23-22(28-3)15-21(25(29-4)24(23)27)17-5-9-19(26)10-6-17/h5-13,15,26-27H,14H2,1-4H3. The second kappa shape index (κ2) is 9.27. The van der Waals surface area contributed by atoms with Gasteiger partial charge in [0.05, 0.1) is 19.8 Å². The van der Waals surface area contributed by atoms with E-state index < -0.39 is 0 Å². The van der Waals surface area contributed by atoms with Gasteiger partial charge in [-0.3, -0.25) is 0 Å². The molecule has 0 saturated carbocycles. The zero-order valence-corrected chi connectivity index (χ0v) is 17.6. The molecule has 30 heavy (non-hydrogen) atoms. The third-order valence-corrected chi connectivity index (χ3v) is 4.71. The third-order valence-electron chi connectivity index (χ3n) is 4.71. The summed E-state index contributed by atoms with van der Waals surface area (Å²) in [4.78, 5) is 0. The molecular formula is C25H26O5. The number of hydrogen-bond acceptors (Lipinski definition) is 5. The predicted octanol–water partition coefficient (Wildman–Crippen LogP) is 5.79. The largest absolute Gasteiger partial charge is 0.508 e. The van der Waals surface area contributed by atoms with Crippen molar-refractivity contribution in [3.8, 4) is 51.0 Å². The van der Waals surface area contributed by atoms with Crippen molar-refractivity contribution < 1.29 is 24.4 Å². The Balaban J connectivity index is 2.02. The van der Waals surface area contributed by atoms with Gasteiger partial charge in [-0.1, -0.05) is 29.8 Å². The maximum Gasteiger partial charge on any atom is 0.170 e. The number of methoxy groups -OCH3 is 2. The number of phenols is 2. The van der Waals surface area contributed by atoms with Gasteiger partial charge < -0.3 is 24.4 Å². The fourth-order valence-corrected chi connectivity index (χ4v) is 3.15. The molecular weight excluding hydrogens is 380 g/mol. The molecule has 0 atom stereocenters. The van der Waals surface area contributed by atoms with Crippen molar-refractivity contribution in [1.82, 2.24) is 0 Å². The Morgan fingerprint density at radius 1 is 0.867 bits per heavy atom. The molecule has 0 aromatic heterocycles. The first-order valence-corrected chi connectivity index (χ1v) is 9.58. The van der Waals surface area contributed by atoms with E-state index in [0.29, 0.717) is 29.2 Å². The Bertz CT molecular complexity index is 1030. The summed E-state index contributed by atoms with van der Waals surface area (Å²) in [5.74, 6) is 1.73. The normalized spacial score (nSPS) is 10.4. The molecule has 3 aromatic rings. The minimum Gasteiger partial charge on any atom is -0.508 e. The molecule has 0 aliphatic rings. The molecule has 0 aliphatic carbocycles. The smallest absolute Gasteiger partial charge is 0.170 e. The van der Waals surface area contributed by atoms with Crippen molar-refractivity contribution in [3.05, 3.63) is 66.2 Å². The lowest BCUT2D eigenvalue weighted by Crippen LogP contribution is -1.96. The Labute approximate surface area is 176 Å². The summed E-state index contributed by atoms with van der Waals surface area (Å²) in [6.45, 7) is 4.55. The summed E-state index contributed by atoms with van der Waals surface area (Å²) in [5.41, 5.74) is 3.95. The minimum atomic E-state index is -0.0156. The van der Waals surface area contributed by atoms with Crippen LogP contribution in [0.25, 0.3) is 22.3 Å². The summed E-state index contributed by atoms with van der Waals surface area (Å²) in [5, 5.41) is 20.6. The van der Waals surface area contributed by atoms with Crippen LogP contribution >= 0.6 is 0 Å². The van der Waals surface area contributed by atoms with E-state index >= 15 is 0 Å². The number of ether oxygens (including phenoxy) is 3. The van der Waals surface area contributed by atoms with E-state index in [1.54, 1.807) is 31.4 Å². The number of phenolic OH excluding ortho intramolecular Hbond substituents is 2. The molecule has 3 rings (SSSR count). The average Bonchev–Trinajstić information content (AvgIpc) is 2.74. The van der Waals surface area contributed by atoms with Crippen molar-refractivity contribution in [2.24, 2.45) is 0 Å². The molecule has 0 fully saturated rings.